The van der Waals surface area contributed by atoms with E-state index in [1.807, 2.05) is 0 Å². The Labute approximate surface area is 74.7 Å². The topological polar surface area (TPSA) is 21.3 Å². The number of hydrogen-bond donors (Lipinski definition) is 1. The van der Waals surface area contributed by atoms with Crippen molar-refractivity contribution in [1.29, 1.82) is 0 Å². The van der Waals surface area contributed by atoms with Crippen molar-refractivity contribution in [3.05, 3.63) is 0 Å². The van der Waals surface area contributed by atoms with E-state index < -0.39 is 0 Å². The van der Waals surface area contributed by atoms with E-state index in [4.69, 9.17) is 4.74 Å². The second-order valence-corrected chi connectivity index (χ2v) is 4.67. The van der Waals surface area contributed by atoms with E-state index in [0.717, 1.165) is 31.6 Å². The Morgan fingerprint density at radius 1 is 1.42 bits per heavy atom. The summed E-state index contributed by atoms with van der Waals surface area (Å²) in [5, 5.41) is 3.59. The summed E-state index contributed by atoms with van der Waals surface area (Å²) in [6, 6.07) is 0. The Balaban J connectivity index is 1.84. The van der Waals surface area contributed by atoms with E-state index in [0.29, 0.717) is 5.54 Å². The normalized spacial score (nSPS) is 41.8. The van der Waals surface area contributed by atoms with E-state index in [1.165, 1.54) is 12.8 Å². The maximum Gasteiger partial charge on any atom is 0.0649 e. The minimum atomic E-state index is 0.382. The monoisotopic (exact) mass is 169 g/mol. The zero-order valence-electron chi connectivity index (χ0n) is 8.10. The van der Waals surface area contributed by atoms with Crippen molar-refractivity contribution >= 4 is 0 Å². The number of hydrogen-bond acceptors (Lipinski definition) is 2. The van der Waals surface area contributed by atoms with E-state index in [2.05, 4.69) is 19.2 Å². The molecule has 1 aliphatic heterocycles. The Hall–Kier alpha value is -0.0800. The molecule has 12 heavy (non-hydrogen) atoms. The standard InChI is InChI=1S/C10H19NO/c1-8(2)9-5-10(6-9)7-12-4-3-11-10/h8-9,11H,3-7H2,1-2H3. The quantitative estimate of drug-likeness (QED) is 0.641. The van der Waals surface area contributed by atoms with Crippen LogP contribution in [-0.4, -0.2) is 25.3 Å². The molecule has 1 heterocycles. The first-order valence-corrected chi connectivity index (χ1v) is 5.05. The van der Waals surface area contributed by atoms with Crippen LogP contribution in [0.2, 0.25) is 0 Å². The van der Waals surface area contributed by atoms with Crippen LogP contribution < -0.4 is 5.32 Å². The Morgan fingerprint density at radius 3 is 2.67 bits per heavy atom. The first-order valence-electron chi connectivity index (χ1n) is 5.05. The SMILES string of the molecule is CC(C)C1CC2(COCCN2)C1. The zero-order chi connectivity index (χ0) is 8.60. The average molecular weight is 169 g/mol. The average Bonchev–Trinajstić information content (AvgIpc) is 2.01. The fraction of sp³-hybridized carbons (Fsp3) is 1.00. The molecule has 70 valence electrons. The van der Waals surface area contributed by atoms with Gasteiger partial charge in [0, 0.05) is 12.1 Å². The number of ether oxygens (including phenoxy) is 1. The third kappa shape index (κ3) is 1.38. The van der Waals surface area contributed by atoms with Gasteiger partial charge in [0.15, 0.2) is 0 Å². The van der Waals surface area contributed by atoms with Gasteiger partial charge in [-0.05, 0) is 24.7 Å². The molecule has 1 spiro atoms. The van der Waals surface area contributed by atoms with Crippen molar-refractivity contribution in [2.75, 3.05) is 19.8 Å². The maximum absolute atomic E-state index is 5.49. The van der Waals surface area contributed by atoms with Crippen molar-refractivity contribution in [3.8, 4) is 0 Å². The van der Waals surface area contributed by atoms with Crippen LogP contribution in [0.15, 0.2) is 0 Å². The first kappa shape index (κ1) is 8.52. The molecule has 2 heteroatoms. The highest BCUT2D eigenvalue weighted by Gasteiger charge is 2.45. The van der Waals surface area contributed by atoms with Gasteiger partial charge in [0.2, 0.25) is 0 Å². The van der Waals surface area contributed by atoms with Crippen LogP contribution in [0.3, 0.4) is 0 Å². The van der Waals surface area contributed by atoms with Gasteiger partial charge in [0.05, 0.1) is 13.2 Å². The van der Waals surface area contributed by atoms with E-state index in [-0.39, 0.29) is 0 Å². The Bertz CT molecular complexity index is 153. The molecule has 1 saturated carbocycles. The van der Waals surface area contributed by atoms with Gasteiger partial charge in [0.1, 0.15) is 0 Å². The third-order valence-electron chi connectivity index (χ3n) is 3.37. The fourth-order valence-corrected chi connectivity index (χ4v) is 2.38. The van der Waals surface area contributed by atoms with Crippen LogP contribution in [0.25, 0.3) is 0 Å². The molecule has 1 saturated heterocycles. The molecule has 1 N–H and O–H groups in total. The smallest absolute Gasteiger partial charge is 0.0649 e. The highest BCUT2D eigenvalue weighted by Crippen LogP contribution is 2.42. The Morgan fingerprint density at radius 2 is 2.17 bits per heavy atom. The van der Waals surface area contributed by atoms with Gasteiger partial charge in [-0.2, -0.15) is 0 Å². The molecule has 0 aromatic rings. The van der Waals surface area contributed by atoms with Crippen LogP contribution in [0.5, 0.6) is 0 Å². The summed E-state index contributed by atoms with van der Waals surface area (Å²) >= 11 is 0. The molecule has 0 amide bonds. The minimum absolute atomic E-state index is 0.382. The number of morpholine rings is 1. The van der Waals surface area contributed by atoms with Gasteiger partial charge < -0.3 is 10.1 Å². The van der Waals surface area contributed by atoms with E-state index >= 15 is 0 Å². The molecule has 2 aliphatic rings. The summed E-state index contributed by atoms with van der Waals surface area (Å²) in [6.07, 6.45) is 2.65. The number of rotatable bonds is 1. The first-order chi connectivity index (χ1) is 5.72. The van der Waals surface area contributed by atoms with Crippen molar-refractivity contribution in [3.63, 3.8) is 0 Å². The van der Waals surface area contributed by atoms with E-state index in [9.17, 15) is 0 Å². The molecule has 2 rings (SSSR count). The highest BCUT2D eigenvalue weighted by atomic mass is 16.5. The lowest BCUT2D eigenvalue weighted by molar-refractivity contribution is -0.0482. The molecule has 0 bridgehead atoms. The van der Waals surface area contributed by atoms with Gasteiger partial charge >= 0.3 is 0 Å². The van der Waals surface area contributed by atoms with Gasteiger partial charge in [-0.1, -0.05) is 13.8 Å². The minimum Gasteiger partial charge on any atom is -0.378 e. The van der Waals surface area contributed by atoms with Gasteiger partial charge in [-0.15, -0.1) is 0 Å². The van der Waals surface area contributed by atoms with Crippen LogP contribution >= 0.6 is 0 Å². The predicted molar refractivity (Wildman–Crippen MR) is 49.1 cm³/mol. The summed E-state index contributed by atoms with van der Waals surface area (Å²) < 4.78 is 5.49. The molecule has 0 atom stereocenters. The molecule has 1 aliphatic carbocycles. The summed E-state index contributed by atoms with van der Waals surface area (Å²) in [7, 11) is 0. The van der Waals surface area contributed by atoms with Gasteiger partial charge in [0.25, 0.3) is 0 Å². The van der Waals surface area contributed by atoms with Crippen LogP contribution in [0.4, 0.5) is 0 Å². The van der Waals surface area contributed by atoms with Crippen molar-refractivity contribution in [2.24, 2.45) is 11.8 Å². The third-order valence-corrected chi connectivity index (χ3v) is 3.37. The molecule has 0 aromatic heterocycles. The van der Waals surface area contributed by atoms with Crippen molar-refractivity contribution in [2.45, 2.75) is 32.2 Å². The van der Waals surface area contributed by atoms with Crippen LogP contribution in [0.1, 0.15) is 26.7 Å². The van der Waals surface area contributed by atoms with Gasteiger partial charge in [-0.25, -0.2) is 0 Å². The van der Waals surface area contributed by atoms with Crippen LogP contribution in [-0.2, 0) is 4.74 Å². The Kier molecular flexibility index (Phi) is 2.13. The molecule has 0 unspecified atom stereocenters. The molecule has 2 nitrogen and oxygen atoms in total. The summed E-state index contributed by atoms with van der Waals surface area (Å²) in [5.74, 6) is 1.78. The van der Waals surface area contributed by atoms with Crippen LogP contribution in [0, 0.1) is 11.8 Å². The second kappa shape index (κ2) is 3.00. The van der Waals surface area contributed by atoms with Crippen molar-refractivity contribution in [1.82, 2.24) is 5.32 Å². The second-order valence-electron chi connectivity index (χ2n) is 4.67. The highest BCUT2D eigenvalue weighted by molar-refractivity contribution is 5.02. The number of nitrogens with one attached hydrogen (secondary N) is 1. The largest absolute Gasteiger partial charge is 0.378 e. The molecular weight excluding hydrogens is 150 g/mol. The van der Waals surface area contributed by atoms with E-state index in [1.54, 1.807) is 0 Å². The summed E-state index contributed by atoms with van der Waals surface area (Å²) in [5.41, 5.74) is 0.382. The summed E-state index contributed by atoms with van der Waals surface area (Å²) in [6.45, 7) is 7.53. The fourth-order valence-electron chi connectivity index (χ4n) is 2.38. The molecule has 0 aromatic carbocycles. The van der Waals surface area contributed by atoms with Gasteiger partial charge in [-0.3, -0.25) is 0 Å². The maximum atomic E-state index is 5.49. The lowest BCUT2D eigenvalue weighted by Crippen LogP contribution is -2.62. The summed E-state index contributed by atoms with van der Waals surface area (Å²) in [4.78, 5) is 0. The zero-order valence-corrected chi connectivity index (χ0v) is 8.10. The predicted octanol–water partition coefficient (Wildman–Crippen LogP) is 1.41. The molecular formula is C10H19NO. The molecule has 2 fully saturated rings. The lowest BCUT2D eigenvalue weighted by Gasteiger charge is -2.51. The van der Waals surface area contributed by atoms with Crippen molar-refractivity contribution < 1.29 is 4.74 Å². The molecule has 0 radical (unpaired) electrons. The lowest BCUT2D eigenvalue weighted by atomic mass is 9.64.